The second-order valence-corrected chi connectivity index (χ2v) is 9.93. The number of carbonyl (C=O) groups is 2. The van der Waals surface area contributed by atoms with E-state index in [9.17, 15) is 44.7 Å². The summed E-state index contributed by atoms with van der Waals surface area (Å²) in [5.74, 6) is -4.16. The van der Waals surface area contributed by atoms with Crippen molar-refractivity contribution in [1.29, 1.82) is 0 Å². The van der Waals surface area contributed by atoms with Gasteiger partial charge in [-0.1, -0.05) is 49.1 Å². The Kier molecular flexibility index (Phi) is 11.2. The molecule has 0 saturated carbocycles. The number of esters is 1. The number of carbonyl (C=O) groups excluding carboxylic acids is 2. The molecule has 1 N–H and O–H groups in total. The molecule has 0 aliphatic heterocycles. The molecular formula is C33H27F8NO4. The van der Waals surface area contributed by atoms with Gasteiger partial charge in [0.2, 0.25) is 0 Å². The van der Waals surface area contributed by atoms with Crippen LogP contribution in [0.1, 0.15) is 39.5 Å². The maximum atomic E-state index is 14.9. The number of hydrogen-bond donors (Lipinski definition) is 1. The van der Waals surface area contributed by atoms with E-state index in [2.05, 4.69) is 16.6 Å². The first-order chi connectivity index (χ1) is 21.5. The maximum Gasteiger partial charge on any atom is 0.416 e. The number of rotatable bonds is 11. The van der Waals surface area contributed by atoms with E-state index in [-0.39, 0.29) is 18.0 Å². The second-order valence-electron chi connectivity index (χ2n) is 9.93. The fourth-order valence-electron chi connectivity index (χ4n) is 4.58. The van der Waals surface area contributed by atoms with Crippen LogP contribution in [-0.4, -0.2) is 25.1 Å². The summed E-state index contributed by atoms with van der Waals surface area (Å²) in [6.07, 6.45) is -9.91. The standard InChI is InChI=1S/C33H27F8NO4/c1-4-23(17-28(19-34)46-20(2)30(44)45-3)31(18-21-9-6-5-7-10-21,25-14-26(33(39,40)41)16-27(35)15-25)42-29(43)22-11-8-12-24(13-22)32(36,37)38/h4-17,19-20H,1,18H2,2-3H3,(H,42,43)/t20?,31-/m1/s1. The molecule has 0 aliphatic carbocycles. The number of allylic oxidation sites excluding steroid dienone is 1. The van der Waals surface area contributed by atoms with Crippen molar-refractivity contribution in [2.24, 2.45) is 0 Å². The molecule has 0 saturated heterocycles. The zero-order valence-electron chi connectivity index (χ0n) is 24.3. The van der Waals surface area contributed by atoms with E-state index in [1.54, 1.807) is 18.2 Å². The highest BCUT2D eigenvalue weighted by atomic mass is 19.4. The first-order valence-corrected chi connectivity index (χ1v) is 13.4. The van der Waals surface area contributed by atoms with Gasteiger partial charge >= 0.3 is 18.3 Å². The van der Waals surface area contributed by atoms with Gasteiger partial charge in [0.1, 0.15) is 17.9 Å². The van der Waals surface area contributed by atoms with E-state index < -0.39 is 76.1 Å². The first kappa shape index (κ1) is 35.5. The number of alkyl halides is 6. The van der Waals surface area contributed by atoms with Gasteiger partial charge in [0.05, 0.1) is 23.8 Å². The molecule has 2 atom stereocenters. The number of methoxy groups -OCH3 is 1. The molecule has 46 heavy (non-hydrogen) atoms. The van der Waals surface area contributed by atoms with Crippen molar-refractivity contribution >= 4 is 11.9 Å². The lowest BCUT2D eigenvalue weighted by Crippen LogP contribution is -2.49. The summed E-state index contributed by atoms with van der Waals surface area (Å²) in [5.41, 5.74) is -5.89. The molecule has 13 heteroatoms. The lowest BCUT2D eigenvalue weighted by atomic mass is 9.76. The third-order valence-corrected chi connectivity index (χ3v) is 6.77. The van der Waals surface area contributed by atoms with Crippen molar-refractivity contribution in [3.63, 3.8) is 0 Å². The summed E-state index contributed by atoms with van der Waals surface area (Å²) >= 11 is 0. The van der Waals surface area contributed by atoms with Gasteiger partial charge < -0.3 is 14.8 Å². The van der Waals surface area contributed by atoms with Gasteiger partial charge in [0, 0.05) is 12.0 Å². The molecule has 0 spiro atoms. The van der Waals surface area contributed by atoms with Crippen LogP contribution in [0, 0.1) is 5.82 Å². The van der Waals surface area contributed by atoms with E-state index in [1.165, 1.54) is 19.1 Å². The van der Waals surface area contributed by atoms with Crippen molar-refractivity contribution in [2.75, 3.05) is 7.11 Å². The SMILES string of the molecule is C=CC(=CC(=CF)OC(C)C(=O)OC)[C@@](Cc1ccccc1)(NC(=O)c1cccc(C(F)(F)F)c1)c1cc(F)cc(C(F)(F)F)c1. The predicted molar refractivity (Wildman–Crippen MR) is 152 cm³/mol. The zero-order valence-corrected chi connectivity index (χ0v) is 24.3. The lowest BCUT2D eigenvalue weighted by Gasteiger charge is -2.38. The van der Waals surface area contributed by atoms with Crippen LogP contribution in [0.4, 0.5) is 35.1 Å². The topological polar surface area (TPSA) is 64.6 Å². The summed E-state index contributed by atoms with van der Waals surface area (Å²) in [7, 11) is 1.04. The molecule has 0 aliphatic rings. The van der Waals surface area contributed by atoms with Crippen LogP contribution in [0.5, 0.6) is 0 Å². The fourth-order valence-corrected chi connectivity index (χ4v) is 4.58. The average Bonchev–Trinajstić information content (AvgIpc) is 3.01. The largest absolute Gasteiger partial charge is 0.477 e. The molecule has 0 bridgehead atoms. The zero-order chi connectivity index (χ0) is 34.3. The van der Waals surface area contributed by atoms with E-state index in [1.807, 2.05) is 0 Å². The molecule has 3 aromatic rings. The first-order valence-electron chi connectivity index (χ1n) is 13.4. The number of hydrogen-bond acceptors (Lipinski definition) is 4. The van der Waals surface area contributed by atoms with Crippen molar-refractivity contribution in [3.8, 4) is 0 Å². The third kappa shape index (κ3) is 8.61. The molecule has 0 aromatic heterocycles. The van der Waals surface area contributed by atoms with E-state index in [0.717, 1.165) is 31.4 Å². The van der Waals surface area contributed by atoms with Gasteiger partial charge in [0.25, 0.3) is 5.91 Å². The van der Waals surface area contributed by atoms with Crippen LogP contribution >= 0.6 is 0 Å². The number of nitrogens with one attached hydrogen (secondary N) is 1. The minimum atomic E-state index is -5.07. The lowest BCUT2D eigenvalue weighted by molar-refractivity contribution is -0.150. The minimum Gasteiger partial charge on any atom is -0.477 e. The normalized spacial score (nSPS) is 14.6. The molecular weight excluding hydrogens is 626 g/mol. The van der Waals surface area contributed by atoms with Crippen LogP contribution in [0.15, 0.2) is 109 Å². The number of ether oxygens (including phenoxy) is 2. The maximum absolute atomic E-state index is 14.9. The molecule has 0 fully saturated rings. The summed E-state index contributed by atoms with van der Waals surface area (Å²) in [6, 6.07) is 12.5. The second kappa shape index (κ2) is 14.4. The summed E-state index contributed by atoms with van der Waals surface area (Å²) in [5, 5.41) is 2.49. The number of halogens is 8. The van der Waals surface area contributed by atoms with Crippen molar-refractivity contribution < 1.29 is 54.2 Å². The molecule has 244 valence electrons. The average molecular weight is 654 g/mol. The Hall–Kier alpha value is -4.94. The van der Waals surface area contributed by atoms with Crippen LogP contribution < -0.4 is 5.32 Å². The van der Waals surface area contributed by atoms with Gasteiger partial charge in [-0.3, -0.25) is 4.79 Å². The van der Waals surface area contributed by atoms with Gasteiger partial charge in [0.15, 0.2) is 6.10 Å². The van der Waals surface area contributed by atoms with Gasteiger partial charge in [-0.05, 0) is 66.1 Å². The van der Waals surface area contributed by atoms with E-state index in [4.69, 9.17) is 4.74 Å². The number of amides is 1. The van der Waals surface area contributed by atoms with Crippen LogP contribution in [0.25, 0.3) is 0 Å². The van der Waals surface area contributed by atoms with Crippen molar-refractivity contribution in [3.05, 3.63) is 143 Å². The Morgan fingerprint density at radius 2 is 1.52 bits per heavy atom. The van der Waals surface area contributed by atoms with Crippen molar-refractivity contribution in [1.82, 2.24) is 5.32 Å². The molecule has 3 aromatic carbocycles. The highest BCUT2D eigenvalue weighted by Crippen LogP contribution is 2.40. The Morgan fingerprint density at radius 3 is 2.09 bits per heavy atom. The Balaban J connectivity index is 2.39. The van der Waals surface area contributed by atoms with E-state index >= 15 is 0 Å². The molecule has 5 nitrogen and oxygen atoms in total. The highest BCUT2D eigenvalue weighted by Gasteiger charge is 2.41. The predicted octanol–water partition coefficient (Wildman–Crippen LogP) is 8.23. The number of benzene rings is 3. The highest BCUT2D eigenvalue weighted by molar-refractivity contribution is 5.95. The fraction of sp³-hybridized carbons (Fsp3) is 0.212. The Labute approximate surface area is 258 Å². The van der Waals surface area contributed by atoms with Gasteiger partial charge in [-0.25, -0.2) is 13.6 Å². The molecule has 0 radical (unpaired) electrons. The van der Waals surface area contributed by atoms with Crippen LogP contribution in [0.2, 0.25) is 0 Å². The quantitative estimate of drug-likeness (QED) is 0.0981. The molecule has 3 rings (SSSR count). The van der Waals surface area contributed by atoms with Crippen molar-refractivity contribution in [2.45, 2.75) is 37.3 Å². The minimum absolute atomic E-state index is 0.0858. The smallest absolute Gasteiger partial charge is 0.416 e. The monoisotopic (exact) mass is 653 g/mol. The molecule has 1 amide bonds. The molecule has 0 heterocycles. The van der Waals surface area contributed by atoms with E-state index in [0.29, 0.717) is 29.8 Å². The van der Waals surface area contributed by atoms with Crippen LogP contribution in [-0.2, 0) is 38.6 Å². The summed E-state index contributed by atoms with van der Waals surface area (Å²) in [4.78, 5) is 25.6. The summed E-state index contributed by atoms with van der Waals surface area (Å²) < 4.78 is 121. The Morgan fingerprint density at radius 1 is 0.891 bits per heavy atom. The van der Waals surface area contributed by atoms with Gasteiger partial charge in [-0.15, -0.1) is 0 Å². The van der Waals surface area contributed by atoms with Crippen LogP contribution in [0.3, 0.4) is 0 Å². The Bertz CT molecular complexity index is 1630. The summed E-state index contributed by atoms with van der Waals surface area (Å²) in [6.45, 7) is 4.86. The van der Waals surface area contributed by atoms with Gasteiger partial charge in [-0.2, -0.15) is 26.3 Å². The molecule has 1 unspecified atom stereocenters. The third-order valence-electron chi connectivity index (χ3n) is 6.77.